The molecule has 0 spiro atoms. The number of thiophene rings is 1. The van der Waals surface area contributed by atoms with Crippen molar-refractivity contribution in [2.24, 2.45) is 0 Å². The van der Waals surface area contributed by atoms with Gasteiger partial charge in [-0.25, -0.2) is 15.0 Å². The molecule has 202 valence electrons. The summed E-state index contributed by atoms with van der Waals surface area (Å²) in [7, 11) is -2.74. The Morgan fingerprint density at radius 1 is 1.29 bits per heavy atom. The van der Waals surface area contributed by atoms with Gasteiger partial charge in [0.05, 0.1) is 32.6 Å². The Morgan fingerprint density at radius 3 is 2.89 bits per heavy atom. The maximum Gasteiger partial charge on any atom is 0.335 e. The predicted molar refractivity (Wildman–Crippen MR) is 143 cm³/mol. The predicted octanol–water partition coefficient (Wildman–Crippen LogP) is 2.49. The summed E-state index contributed by atoms with van der Waals surface area (Å²) in [6.07, 6.45) is 1.97. The van der Waals surface area contributed by atoms with Gasteiger partial charge in [-0.1, -0.05) is 29.3 Å². The Kier molecular flexibility index (Phi) is 7.99. The quantitative estimate of drug-likeness (QED) is 0.224. The van der Waals surface area contributed by atoms with Crippen molar-refractivity contribution in [2.45, 2.75) is 43.6 Å². The van der Waals surface area contributed by atoms with Crippen LogP contribution in [-0.2, 0) is 20.9 Å². The molecule has 4 heterocycles. The first-order chi connectivity index (χ1) is 18.1. The molecular weight excluding hydrogens is 575 g/mol. The number of halogens is 2. The molecule has 0 aromatic carbocycles. The molecule has 1 saturated carbocycles. The van der Waals surface area contributed by atoms with Crippen molar-refractivity contribution in [3.8, 4) is 0 Å². The van der Waals surface area contributed by atoms with Gasteiger partial charge in [0.2, 0.25) is 5.78 Å². The lowest BCUT2D eigenvalue weighted by Gasteiger charge is -2.25. The first-order valence-electron chi connectivity index (χ1n) is 11.7. The number of aromatic nitrogens is 3. The van der Waals surface area contributed by atoms with E-state index < -0.39 is 22.5 Å². The first kappa shape index (κ1) is 27.3. The van der Waals surface area contributed by atoms with Crippen LogP contribution in [-0.4, -0.2) is 66.1 Å². The zero-order valence-corrected chi connectivity index (χ0v) is 23.2. The molecule has 38 heavy (non-hydrogen) atoms. The highest BCUT2D eigenvalue weighted by molar-refractivity contribution is 7.84. The summed E-state index contributed by atoms with van der Waals surface area (Å²) in [4.78, 5) is 26.7. The van der Waals surface area contributed by atoms with Crippen molar-refractivity contribution in [3.05, 3.63) is 67.5 Å². The summed E-state index contributed by atoms with van der Waals surface area (Å²) in [5.41, 5.74) is 2.80. The number of anilines is 1. The fourth-order valence-electron chi connectivity index (χ4n) is 4.68. The van der Waals surface area contributed by atoms with Crippen molar-refractivity contribution in [2.75, 3.05) is 18.9 Å². The van der Waals surface area contributed by atoms with Gasteiger partial charge >= 0.3 is 10.3 Å². The van der Waals surface area contributed by atoms with E-state index in [1.165, 1.54) is 19.6 Å². The molecule has 1 aliphatic carbocycles. The molecular formula is C23H24Cl2N6O5S2. The van der Waals surface area contributed by atoms with Crippen LogP contribution >= 0.6 is 34.5 Å². The molecule has 0 amide bonds. The largest absolute Gasteiger partial charge is 0.390 e. The van der Waals surface area contributed by atoms with Gasteiger partial charge in [-0.3, -0.25) is 8.98 Å². The molecule has 5 rings (SSSR count). The molecule has 2 aliphatic rings. The monoisotopic (exact) mass is 598 g/mol. The Hall–Kier alpha value is -2.23. The van der Waals surface area contributed by atoms with Gasteiger partial charge in [-0.2, -0.15) is 13.1 Å². The summed E-state index contributed by atoms with van der Waals surface area (Å²) >= 11 is 13.9. The van der Waals surface area contributed by atoms with Crippen molar-refractivity contribution in [3.63, 3.8) is 0 Å². The zero-order chi connectivity index (χ0) is 27.0. The normalized spacial score (nSPS) is 23.3. The summed E-state index contributed by atoms with van der Waals surface area (Å²) in [6.45, 7) is 0.727. The first-order valence-corrected chi connectivity index (χ1v) is 14.7. The Balaban J connectivity index is 1.37. The van der Waals surface area contributed by atoms with Gasteiger partial charge in [-0.05, 0) is 37.0 Å². The molecule has 1 aliphatic heterocycles. The van der Waals surface area contributed by atoms with E-state index in [2.05, 4.69) is 30.3 Å². The van der Waals surface area contributed by atoms with Crippen molar-refractivity contribution < 1.29 is 22.5 Å². The molecule has 4 atom stereocenters. The average Bonchev–Trinajstić information content (AvgIpc) is 3.44. The maximum atomic E-state index is 13.6. The molecule has 11 nitrogen and oxygen atoms in total. The number of rotatable bonds is 8. The number of nitrogens with one attached hydrogen (secondary N) is 3. The summed E-state index contributed by atoms with van der Waals surface area (Å²) in [5.74, 6) is -0.0644. The van der Waals surface area contributed by atoms with Crippen LogP contribution in [0, 0.1) is 0 Å². The third kappa shape index (κ3) is 5.70. The van der Waals surface area contributed by atoms with Crippen LogP contribution in [0.25, 0.3) is 0 Å². The number of nitrogens with zero attached hydrogens (tertiary/aromatic N) is 3. The number of carbonyl (C=O) groups is 1. The molecule has 0 saturated heterocycles. The van der Waals surface area contributed by atoms with E-state index in [9.17, 15) is 18.3 Å². The van der Waals surface area contributed by atoms with Crippen LogP contribution in [0.5, 0.6) is 0 Å². The standard InChI is InChI=1S/C23H24Cl2N6O5S2/c1-26-38(34,35)36-16-7-12(6-15(16)32)30-23-14(9-27-10-29-23)21(33)17-8-13(22(25)37-17)20-19-11(4-5-28-20)2-3-18(24)31-19/h2-3,8-10,12,15-16,20,26,28,32H,4-7H2,1H3,(H,27,29,30)/t12-,15+,16-,20+/m1/s1. The smallest absolute Gasteiger partial charge is 0.335 e. The molecule has 3 aromatic heterocycles. The van der Waals surface area contributed by atoms with Gasteiger partial charge in [0.1, 0.15) is 23.4 Å². The van der Waals surface area contributed by atoms with E-state index in [4.69, 9.17) is 27.4 Å². The second-order valence-electron chi connectivity index (χ2n) is 8.94. The number of hydrogen-bond donors (Lipinski definition) is 4. The van der Waals surface area contributed by atoms with E-state index >= 15 is 0 Å². The van der Waals surface area contributed by atoms with Gasteiger partial charge in [-0.15, -0.1) is 11.3 Å². The third-order valence-electron chi connectivity index (χ3n) is 6.51. The summed E-state index contributed by atoms with van der Waals surface area (Å²) < 4.78 is 31.0. The number of ketones is 1. The number of pyridine rings is 1. The van der Waals surface area contributed by atoms with E-state index in [-0.39, 0.29) is 42.1 Å². The molecule has 3 aromatic rings. The van der Waals surface area contributed by atoms with Crippen LogP contribution in [0.15, 0.2) is 30.7 Å². The molecule has 0 bridgehead atoms. The Bertz CT molecular complexity index is 1470. The fourth-order valence-corrected chi connectivity index (χ4v) is 6.75. The lowest BCUT2D eigenvalue weighted by Crippen LogP contribution is -2.31. The zero-order valence-electron chi connectivity index (χ0n) is 20.0. The maximum absolute atomic E-state index is 13.6. The van der Waals surface area contributed by atoms with Gasteiger partial charge in [0.15, 0.2) is 0 Å². The highest BCUT2D eigenvalue weighted by Gasteiger charge is 2.37. The highest BCUT2D eigenvalue weighted by Crippen LogP contribution is 2.38. The minimum absolute atomic E-state index is 0.191. The van der Waals surface area contributed by atoms with E-state index in [0.717, 1.165) is 41.1 Å². The third-order valence-corrected chi connectivity index (χ3v) is 9.11. The van der Waals surface area contributed by atoms with Crippen LogP contribution in [0.4, 0.5) is 5.82 Å². The lowest BCUT2D eigenvalue weighted by molar-refractivity contribution is 0.0636. The topological polar surface area (TPSA) is 155 Å². The summed E-state index contributed by atoms with van der Waals surface area (Å²) in [6, 6.07) is 4.76. The minimum Gasteiger partial charge on any atom is -0.390 e. The Labute approximate surface area is 233 Å². The van der Waals surface area contributed by atoms with E-state index in [0.29, 0.717) is 14.4 Å². The van der Waals surface area contributed by atoms with E-state index in [1.54, 1.807) is 12.1 Å². The lowest BCUT2D eigenvalue weighted by atomic mass is 9.95. The SMILES string of the molecule is CNS(=O)(=O)O[C@@H]1C[C@H](Nc2ncncc2C(=O)c2cc([C@@H]3NCCc4ccc(Cl)nc43)c(Cl)s2)C[C@@H]1O. The number of hydrogen-bond acceptors (Lipinski definition) is 11. The fraction of sp³-hybridized carbons (Fsp3) is 0.391. The minimum atomic E-state index is -3.97. The molecule has 0 unspecified atom stereocenters. The van der Waals surface area contributed by atoms with Crippen LogP contribution in [0.2, 0.25) is 9.49 Å². The van der Waals surface area contributed by atoms with Crippen LogP contribution < -0.4 is 15.4 Å². The second-order valence-corrected chi connectivity index (χ2v) is 12.5. The van der Waals surface area contributed by atoms with Gasteiger partial charge < -0.3 is 15.7 Å². The van der Waals surface area contributed by atoms with Crippen molar-refractivity contribution in [1.29, 1.82) is 0 Å². The Morgan fingerprint density at radius 2 is 2.11 bits per heavy atom. The van der Waals surface area contributed by atoms with Crippen molar-refractivity contribution >= 4 is 56.4 Å². The van der Waals surface area contributed by atoms with E-state index in [1.807, 2.05) is 6.07 Å². The molecule has 15 heteroatoms. The summed E-state index contributed by atoms with van der Waals surface area (Å²) in [5, 5.41) is 17.2. The van der Waals surface area contributed by atoms with Crippen LogP contribution in [0.3, 0.4) is 0 Å². The number of aliphatic hydroxyl groups is 1. The number of fused-ring (bicyclic) bond motifs is 1. The highest BCUT2D eigenvalue weighted by atomic mass is 35.5. The molecule has 4 N–H and O–H groups in total. The average molecular weight is 600 g/mol. The van der Waals surface area contributed by atoms with Gasteiger partial charge in [0, 0.05) is 31.4 Å². The van der Waals surface area contributed by atoms with Gasteiger partial charge in [0.25, 0.3) is 0 Å². The van der Waals surface area contributed by atoms with Crippen molar-refractivity contribution in [1.82, 2.24) is 25.0 Å². The molecule has 0 radical (unpaired) electrons. The molecule has 1 fully saturated rings. The number of aliphatic hydroxyl groups excluding tert-OH is 1. The number of carbonyl (C=O) groups excluding carboxylic acids is 1. The van der Waals surface area contributed by atoms with Crippen LogP contribution in [0.1, 0.15) is 50.9 Å². The second kappa shape index (κ2) is 11.1.